The molecule has 2 rings (SSSR count). The number of carbonyl (C=O) groups excluding carboxylic acids is 2. The summed E-state index contributed by atoms with van der Waals surface area (Å²) in [5.74, 6) is 0.470. The molecule has 0 aromatic rings. The molecule has 0 spiro atoms. The Bertz CT molecular complexity index is 351. The number of amides is 2. The van der Waals surface area contributed by atoms with Gasteiger partial charge in [0.2, 0.25) is 11.8 Å². The number of rotatable bonds is 1. The molecule has 2 fully saturated rings. The zero-order chi connectivity index (χ0) is 12.8. The predicted octanol–water partition coefficient (Wildman–Crippen LogP) is 1.02. The lowest BCUT2D eigenvalue weighted by Crippen LogP contribution is -2.55. The van der Waals surface area contributed by atoms with Crippen LogP contribution < -0.4 is 5.32 Å². The summed E-state index contributed by atoms with van der Waals surface area (Å²) in [6, 6.07) is 0. The number of hydrogen-bond acceptors (Lipinski definition) is 3. The molecule has 4 heteroatoms. The Balaban J connectivity index is 2.17. The predicted molar refractivity (Wildman–Crippen MR) is 65.2 cm³/mol. The minimum absolute atomic E-state index is 0.0628. The Labute approximate surface area is 103 Å². The maximum atomic E-state index is 11.8. The molecule has 0 aromatic carbocycles. The Morgan fingerprint density at radius 1 is 1.35 bits per heavy atom. The van der Waals surface area contributed by atoms with Crippen LogP contribution in [-0.2, 0) is 9.59 Å². The van der Waals surface area contributed by atoms with Crippen molar-refractivity contribution in [3.8, 4) is 0 Å². The zero-order valence-corrected chi connectivity index (χ0v) is 11.1. The minimum Gasteiger partial charge on any atom is -0.301 e. The average molecular weight is 238 g/mol. The molecule has 3 atom stereocenters. The van der Waals surface area contributed by atoms with Crippen LogP contribution in [0.2, 0.25) is 0 Å². The van der Waals surface area contributed by atoms with E-state index in [9.17, 15) is 9.59 Å². The Morgan fingerprint density at radius 3 is 2.53 bits per heavy atom. The Morgan fingerprint density at radius 2 is 2.00 bits per heavy atom. The highest BCUT2D eigenvalue weighted by Gasteiger charge is 2.46. The van der Waals surface area contributed by atoms with E-state index in [2.05, 4.69) is 38.0 Å². The van der Waals surface area contributed by atoms with Crippen LogP contribution >= 0.6 is 0 Å². The van der Waals surface area contributed by atoms with Crippen LogP contribution in [0.15, 0.2) is 0 Å². The van der Waals surface area contributed by atoms with Gasteiger partial charge in [-0.3, -0.25) is 14.9 Å². The maximum Gasteiger partial charge on any atom is 0.230 e. The van der Waals surface area contributed by atoms with Crippen molar-refractivity contribution in [2.24, 2.45) is 17.8 Å². The van der Waals surface area contributed by atoms with Crippen molar-refractivity contribution < 1.29 is 9.59 Å². The molecule has 3 unspecified atom stereocenters. The summed E-state index contributed by atoms with van der Waals surface area (Å²) in [7, 11) is 2.13. The summed E-state index contributed by atoms with van der Waals surface area (Å²) in [5.41, 5.74) is 0.0921. The molecule has 17 heavy (non-hydrogen) atoms. The third-order valence-corrected chi connectivity index (χ3v) is 5.06. The monoisotopic (exact) mass is 238 g/mol. The fraction of sp³-hybridized carbons (Fsp3) is 0.846. The summed E-state index contributed by atoms with van der Waals surface area (Å²) >= 11 is 0. The van der Waals surface area contributed by atoms with Gasteiger partial charge in [0.1, 0.15) is 0 Å². The molecule has 1 N–H and O–H groups in total. The van der Waals surface area contributed by atoms with Crippen LogP contribution in [0.1, 0.15) is 33.6 Å². The van der Waals surface area contributed by atoms with Crippen molar-refractivity contribution in [1.82, 2.24) is 10.2 Å². The first kappa shape index (κ1) is 12.6. The van der Waals surface area contributed by atoms with Gasteiger partial charge < -0.3 is 4.90 Å². The molecule has 4 nitrogen and oxygen atoms in total. The molecule has 0 bridgehead atoms. The molecule has 2 aliphatic heterocycles. The SMILES string of the molecule is CC1C(C2CC(=O)NC2=O)CCN(C)C1(C)C. The van der Waals surface area contributed by atoms with Gasteiger partial charge in [0.05, 0.1) is 5.92 Å². The van der Waals surface area contributed by atoms with Gasteiger partial charge in [0, 0.05) is 12.0 Å². The summed E-state index contributed by atoms with van der Waals surface area (Å²) in [6.45, 7) is 7.65. The van der Waals surface area contributed by atoms with Crippen molar-refractivity contribution in [3.63, 3.8) is 0 Å². The van der Waals surface area contributed by atoms with E-state index in [4.69, 9.17) is 0 Å². The van der Waals surface area contributed by atoms with Crippen molar-refractivity contribution in [3.05, 3.63) is 0 Å². The molecule has 2 heterocycles. The van der Waals surface area contributed by atoms with E-state index in [1.54, 1.807) is 0 Å². The van der Waals surface area contributed by atoms with Crippen molar-refractivity contribution in [2.45, 2.75) is 39.2 Å². The van der Waals surface area contributed by atoms with Gasteiger partial charge in [-0.05, 0) is 45.7 Å². The number of hydrogen-bond donors (Lipinski definition) is 1. The highest BCUT2D eigenvalue weighted by Crippen LogP contribution is 2.41. The zero-order valence-electron chi connectivity index (χ0n) is 11.1. The molecule has 2 aliphatic rings. The molecule has 96 valence electrons. The number of nitrogens with zero attached hydrogens (tertiary/aromatic N) is 1. The van der Waals surface area contributed by atoms with Gasteiger partial charge in [-0.1, -0.05) is 6.92 Å². The number of nitrogens with one attached hydrogen (secondary N) is 1. The first-order valence-corrected chi connectivity index (χ1v) is 6.39. The van der Waals surface area contributed by atoms with E-state index >= 15 is 0 Å². The van der Waals surface area contributed by atoms with Crippen LogP contribution in [0, 0.1) is 17.8 Å². The van der Waals surface area contributed by atoms with E-state index in [-0.39, 0.29) is 23.3 Å². The summed E-state index contributed by atoms with van der Waals surface area (Å²) < 4.78 is 0. The Kier molecular flexibility index (Phi) is 3.02. The van der Waals surface area contributed by atoms with E-state index < -0.39 is 0 Å². The lowest BCUT2D eigenvalue weighted by molar-refractivity contribution is -0.127. The number of piperidine rings is 1. The van der Waals surface area contributed by atoms with Crippen LogP contribution in [0.25, 0.3) is 0 Å². The van der Waals surface area contributed by atoms with Crippen LogP contribution in [0.5, 0.6) is 0 Å². The lowest BCUT2D eigenvalue weighted by Gasteiger charge is -2.50. The van der Waals surface area contributed by atoms with Crippen molar-refractivity contribution >= 4 is 11.8 Å². The highest BCUT2D eigenvalue weighted by molar-refractivity contribution is 6.03. The summed E-state index contributed by atoms with van der Waals surface area (Å²) in [4.78, 5) is 25.4. The quantitative estimate of drug-likeness (QED) is 0.694. The van der Waals surface area contributed by atoms with E-state index in [1.165, 1.54) is 0 Å². The van der Waals surface area contributed by atoms with Gasteiger partial charge >= 0.3 is 0 Å². The fourth-order valence-corrected chi connectivity index (χ4v) is 3.22. The molecule has 0 aromatic heterocycles. The molecular weight excluding hydrogens is 216 g/mol. The van der Waals surface area contributed by atoms with Crippen molar-refractivity contribution in [2.75, 3.05) is 13.6 Å². The topological polar surface area (TPSA) is 49.4 Å². The number of imide groups is 1. The maximum absolute atomic E-state index is 11.8. The van der Waals surface area contributed by atoms with Gasteiger partial charge in [-0.2, -0.15) is 0 Å². The molecule has 2 saturated heterocycles. The van der Waals surface area contributed by atoms with Gasteiger partial charge in [0.15, 0.2) is 0 Å². The second kappa shape index (κ2) is 4.09. The van der Waals surface area contributed by atoms with Crippen LogP contribution in [0.4, 0.5) is 0 Å². The molecule has 0 radical (unpaired) electrons. The normalized spacial score (nSPS) is 38.2. The number of likely N-dealkylation sites (tertiary alicyclic amines) is 1. The number of carbonyl (C=O) groups is 2. The van der Waals surface area contributed by atoms with Gasteiger partial charge in [-0.25, -0.2) is 0 Å². The third kappa shape index (κ3) is 1.99. The average Bonchev–Trinajstić information content (AvgIpc) is 2.56. The molecular formula is C13H22N2O2. The largest absolute Gasteiger partial charge is 0.301 e. The van der Waals surface area contributed by atoms with Gasteiger partial charge in [0.25, 0.3) is 0 Å². The van der Waals surface area contributed by atoms with Crippen LogP contribution in [0.3, 0.4) is 0 Å². The lowest BCUT2D eigenvalue weighted by atomic mass is 9.68. The second-order valence-electron chi connectivity index (χ2n) is 6.04. The molecule has 0 aliphatic carbocycles. The van der Waals surface area contributed by atoms with Crippen molar-refractivity contribution in [1.29, 1.82) is 0 Å². The van der Waals surface area contributed by atoms with E-state index in [0.717, 1.165) is 13.0 Å². The second-order valence-corrected chi connectivity index (χ2v) is 6.04. The van der Waals surface area contributed by atoms with Crippen LogP contribution in [-0.4, -0.2) is 35.8 Å². The minimum atomic E-state index is -0.107. The molecule has 0 saturated carbocycles. The first-order chi connectivity index (χ1) is 7.84. The van der Waals surface area contributed by atoms with E-state index in [1.807, 2.05) is 0 Å². The summed E-state index contributed by atoms with van der Waals surface area (Å²) in [6.07, 6.45) is 1.39. The fourth-order valence-electron chi connectivity index (χ4n) is 3.22. The smallest absolute Gasteiger partial charge is 0.230 e. The first-order valence-electron chi connectivity index (χ1n) is 6.39. The Hall–Kier alpha value is -0.900. The third-order valence-electron chi connectivity index (χ3n) is 5.06. The molecule has 2 amide bonds. The van der Waals surface area contributed by atoms with Gasteiger partial charge in [-0.15, -0.1) is 0 Å². The highest BCUT2D eigenvalue weighted by atomic mass is 16.2. The summed E-state index contributed by atoms with van der Waals surface area (Å²) in [5, 5.41) is 2.43. The van der Waals surface area contributed by atoms with E-state index in [0.29, 0.717) is 18.3 Å². The standard InChI is InChI=1S/C13H22N2O2/c1-8-9(5-6-15(4)13(8,2)3)10-7-11(16)14-12(10)17/h8-10H,5-7H2,1-4H3,(H,14,16,17).